The average Bonchev–Trinajstić information content (AvgIpc) is 2.87. The van der Waals surface area contributed by atoms with E-state index in [1.54, 1.807) is 14.2 Å². The fourth-order valence-corrected chi connectivity index (χ4v) is 4.12. The topological polar surface area (TPSA) is 48.4 Å². The third-order valence-corrected chi connectivity index (χ3v) is 5.97. The van der Waals surface area contributed by atoms with E-state index in [0.717, 1.165) is 53.3 Å². The van der Waals surface area contributed by atoms with Crippen molar-refractivity contribution in [2.24, 2.45) is 0 Å². The van der Waals surface area contributed by atoms with Crippen LogP contribution in [-0.4, -0.2) is 25.0 Å². The van der Waals surface area contributed by atoms with E-state index < -0.39 is 0 Å². The Morgan fingerprint density at radius 2 is 1.55 bits per heavy atom. The number of rotatable bonds is 10. The molecular formula is C29H29NO3. The zero-order valence-electron chi connectivity index (χ0n) is 19.2. The molecule has 4 heteroatoms. The summed E-state index contributed by atoms with van der Waals surface area (Å²) >= 11 is 0. The molecule has 0 amide bonds. The fourth-order valence-electron chi connectivity index (χ4n) is 4.12. The summed E-state index contributed by atoms with van der Waals surface area (Å²) in [6, 6.07) is 24.3. The number of hydrogen-bond acceptors (Lipinski definition) is 4. The highest BCUT2D eigenvalue weighted by molar-refractivity contribution is 5.96. The maximum atomic E-state index is 12.6. The number of aryl methyl sites for hydroxylation is 1. The second-order valence-corrected chi connectivity index (χ2v) is 8.18. The van der Waals surface area contributed by atoms with Gasteiger partial charge in [0.2, 0.25) is 0 Å². The third-order valence-electron chi connectivity index (χ3n) is 5.97. The number of unbranched alkanes of at least 4 members (excludes halogenated alkanes) is 1. The summed E-state index contributed by atoms with van der Waals surface area (Å²) in [5, 5.41) is 1.04. The van der Waals surface area contributed by atoms with Crippen LogP contribution in [0.25, 0.3) is 10.9 Å². The first-order valence-electron chi connectivity index (χ1n) is 11.3. The van der Waals surface area contributed by atoms with Crippen LogP contribution in [0.15, 0.2) is 79.0 Å². The number of hydrogen-bond donors (Lipinski definition) is 0. The van der Waals surface area contributed by atoms with Crippen LogP contribution in [0, 0.1) is 0 Å². The van der Waals surface area contributed by atoms with Crippen molar-refractivity contribution in [2.45, 2.75) is 32.1 Å². The van der Waals surface area contributed by atoms with Crippen molar-refractivity contribution in [1.82, 2.24) is 4.98 Å². The maximum absolute atomic E-state index is 12.6. The zero-order chi connectivity index (χ0) is 23.0. The molecule has 0 atom stereocenters. The SMILES string of the molecule is COc1cc2nccc(Cc3ccc(C(=O)CCCCc4ccccc4)cc3)c2cc1OC. The molecule has 0 aliphatic rings. The van der Waals surface area contributed by atoms with E-state index in [1.165, 1.54) is 5.56 Å². The lowest BCUT2D eigenvalue weighted by molar-refractivity contribution is 0.0979. The Bertz CT molecular complexity index is 1220. The van der Waals surface area contributed by atoms with Crippen LogP contribution in [0.2, 0.25) is 0 Å². The first kappa shape index (κ1) is 22.5. The van der Waals surface area contributed by atoms with E-state index in [4.69, 9.17) is 9.47 Å². The number of fused-ring (bicyclic) bond motifs is 1. The van der Waals surface area contributed by atoms with Crippen molar-refractivity contribution >= 4 is 16.7 Å². The van der Waals surface area contributed by atoms with Gasteiger partial charge in [0, 0.05) is 29.6 Å². The molecule has 4 rings (SSSR count). The van der Waals surface area contributed by atoms with Crippen LogP contribution in [0.3, 0.4) is 0 Å². The Balaban J connectivity index is 1.39. The molecule has 0 aliphatic carbocycles. The molecule has 0 saturated heterocycles. The van der Waals surface area contributed by atoms with Gasteiger partial charge in [0.15, 0.2) is 17.3 Å². The molecule has 4 aromatic rings. The van der Waals surface area contributed by atoms with Crippen molar-refractivity contribution in [2.75, 3.05) is 14.2 Å². The van der Waals surface area contributed by atoms with Gasteiger partial charge in [-0.3, -0.25) is 9.78 Å². The monoisotopic (exact) mass is 439 g/mol. The Morgan fingerprint density at radius 3 is 2.27 bits per heavy atom. The molecule has 33 heavy (non-hydrogen) atoms. The first-order chi connectivity index (χ1) is 16.2. The standard InChI is InChI=1S/C29H29NO3/c1-32-28-19-25-24(16-17-30-26(25)20-29(28)33-2)18-22-12-14-23(15-13-22)27(31)11-7-6-10-21-8-4-3-5-9-21/h3-5,8-9,12-17,19-20H,6-7,10-11,18H2,1-2H3. The number of carbonyl (C=O) groups is 1. The van der Waals surface area contributed by atoms with Gasteiger partial charge in [-0.05, 0) is 54.5 Å². The minimum atomic E-state index is 0.209. The van der Waals surface area contributed by atoms with Crippen LogP contribution in [-0.2, 0) is 12.8 Å². The fraction of sp³-hybridized carbons (Fsp3) is 0.241. The van der Waals surface area contributed by atoms with Crippen LogP contribution in [0.5, 0.6) is 11.5 Å². The average molecular weight is 440 g/mol. The van der Waals surface area contributed by atoms with Gasteiger partial charge >= 0.3 is 0 Å². The number of ether oxygens (including phenoxy) is 2. The predicted octanol–water partition coefficient (Wildman–Crippen LogP) is 6.44. The van der Waals surface area contributed by atoms with E-state index in [2.05, 4.69) is 29.2 Å². The van der Waals surface area contributed by atoms with E-state index in [9.17, 15) is 4.79 Å². The van der Waals surface area contributed by atoms with Crippen LogP contribution < -0.4 is 9.47 Å². The number of carbonyl (C=O) groups excluding carboxylic acids is 1. The largest absolute Gasteiger partial charge is 0.493 e. The van der Waals surface area contributed by atoms with Crippen molar-refractivity contribution in [1.29, 1.82) is 0 Å². The van der Waals surface area contributed by atoms with Gasteiger partial charge in [-0.25, -0.2) is 0 Å². The van der Waals surface area contributed by atoms with Gasteiger partial charge in [0.1, 0.15) is 0 Å². The van der Waals surface area contributed by atoms with Gasteiger partial charge in [-0.15, -0.1) is 0 Å². The van der Waals surface area contributed by atoms with Crippen molar-refractivity contribution in [3.63, 3.8) is 0 Å². The van der Waals surface area contributed by atoms with Gasteiger partial charge in [0.25, 0.3) is 0 Å². The molecule has 0 unspecified atom stereocenters. The smallest absolute Gasteiger partial charge is 0.162 e. The number of nitrogens with zero attached hydrogens (tertiary/aromatic N) is 1. The summed E-state index contributed by atoms with van der Waals surface area (Å²) < 4.78 is 10.9. The molecule has 0 bridgehead atoms. The number of pyridine rings is 1. The molecule has 4 nitrogen and oxygen atoms in total. The third kappa shape index (κ3) is 5.58. The molecule has 0 fully saturated rings. The van der Waals surface area contributed by atoms with E-state index >= 15 is 0 Å². The lowest BCUT2D eigenvalue weighted by Crippen LogP contribution is -2.00. The van der Waals surface area contributed by atoms with Crippen molar-refractivity contribution in [3.05, 3.63) is 101 Å². The molecular weight excluding hydrogens is 410 g/mol. The Kier molecular flexibility index (Phi) is 7.36. The molecule has 0 radical (unpaired) electrons. The van der Waals surface area contributed by atoms with Gasteiger partial charge in [-0.2, -0.15) is 0 Å². The van der Waals surface area contributed by atoms with E-state index in [-0.39, 0.29) is 5.78 Å². The number of Topliss-reactive ketones (excluding diaryl/α,β-unsaturated/α-hetero) is 1. The van der Waals surface area contributed by atoms with E-state index in [1.807, 2.05) is 54.7 Å². The minimum absolute atomic E-state index is 0.209. The lowest BCUT2D eigenvalue weighted by atomic mass is 9.98. The van der Waals surface area contributed by atoms with Gasteiger partial charge in [-0.1, -0.05) is 54.6 Å². The van der Waals surface area contributed by atoms with Gasteiger partial charge < -0.3 is 9.47 Å². The first-order valence-corrected chi connectivity index (χ1v) is 11.3. The lowest BCUT2D eigenvalue weighted by Gasteiger charge is -2.12. The molecule has 168 valence electrons. The van der Waals surface area contributed by atoms with Crippen LogP contribution in [0.4, 0.5) is 0 Å². The Labute approximate surface area is 195 Å². The summed E-state index contributed by atoms with van der Waals surface area (Å²) in [5.74, 6) is 1.56. The molecule has 0 spiro atoms. The molecule has 0 aliphatic heterocycles. The van der Waals surface area contributed by atoms with Crippen LogP contribution >= 0.6 is 0 Å². The molecule has 0 N–H and O–H groups in total. The second-order valence-electron chi connectivity index (χ2n) is 8.18. The molecule has 1 aromatic heterocycles. The second kappa shape index (κ2) is 10.8. The van der Waals surface area contributed by atoms with Crippen molar-refractivity contribution < 1.29 is 14.3 Å². The summed E-state index contributed by atoms with van der Waals surface area (Å²) in [5.41, 5.74) is 5.28. The Hall–Kier alpha value is -3.66. The van der Waals surface area contributed by atoms with Crippen LogP contribution in [0.1, 0.15) is 46.3 Å². The zero-order valence-corrected chi connectivity index (χ0v) is 19.2. The summed E-state index contributed by atoms with van der Waals surface area (Å²) in [7, 11) is 3.26. The highest BCUT2D eigenvalue weighted by Gasteiger charge is 2.11. The molecule has 3 aromatic carbocycles. The van der Waals surface area contributed by atoms with E-state index in [0.29, 0.717) is 17.9 Å². The highest BCUT2D eigenvalue weighted by atomic mass is 16.5. The highest BCUT2D eigenvalue weighted by Crippen LogP contribution is 2.33. The predicted molar refractivity (Wildman–Crippen MR) is 132 cm³/mol. The number of ketones is 1. The molecule has 0 saturated carbocycles. The quantitative estimate of drug-likeness (QED) is 0.211. The summed E-state index contributed by atoms with van der Waals surface area (Å²) in [6.45, 7) is 0. The van der Waals surface area contributed by atoms with Crippen molar-refractivity contribution in [3.8, 4) is 11.5 Å². The van der Waals surface area contributed by atoms with Gasteiger partial charge in [0.05, 0.1) is 19.7 Å². The molecule has 1 heterocycles. The number of methoxy groups -OCH3 is 2. The summed E-state index contributed by atoms with van der Waals surface area (Å²) in [6.07, 6.45) is 6.10. The maximum Gasteiger partial charge on any atom is 0.162 e. The normalized spacial score (nSPS) is 10.8. The number of benzene rings is 3. The summed E-state index contributed by atoms with van der Waals surface area (Å²) in [4.78, 5) is 17.1. The minimum Gasteiger partial charge on any atom is -0.493 e. The number of aromatic nitrogens is 1. The Morgan fingerprint density at radius 1 is 0.818 bits per heavy atom.